The minimum Gasteiger partial charge on any atom is -0.454 e. The van der Waals surface area contributed by atoms with E-state index in [0.717, 1.165) is 18.2 Å². The topological polar surface area (TPSA) is 96.5 Å². The Morgan fingerprint density at radius 2 is 1.85 bits per heavy atom. The summed E-state index contributed by atoms with van der Waals surface area (Å²) in [5.41, 5.74) is -0.817. The number of carbonyl (C=O) groups is 3. The van der Waals surface area contributed by atoms with Crippen LogP contribution in [-0.2, 0) is 20.5 Å². The Kier molecular flexibility index (Phi) is 7.89. The van der Waals surface area contributed by atoms with Gasteiger partial charge in [0.15, 0.2) is 6.61 Å². The molecule has 0 saturated carbocycles. The Bertz CT molecular complexity index is 711. The largest absolute Gasteiger partial charge is 0.454 e. The van der Waals surface area contributed by atoms with Crippen molar-refractivity contribution in [2.24, 2.45) is 5.92 Å². The van der Waals surface area contributed by atoms with E-state index < -0.39 is 42.3 Å². The summed E-state index contributed by atoms with van der Waals surface area (Å²) >= 11 is 5.87. The van der Waals surface area contributed by atoms with Crippen LogP contribution in [-0.4, -0.2) is 37.6 Å². The van der Waals surface area contributed by atoms with Crippen molar-refractivity contribution in [2.75, 3.05) is 19.0 Å². The Balaban J connectivity index is 2.80. The van der Waals surface area contributed by atoms with Crippen LogP contribution >= 0.6 is 11.6 Å². The number of rotatable bonds is 6. The summed E-state index contributed by atoms with van der Waals surface area (Å²) in [6.45, 7) is 2.64. The van der Waals surface area contributed by atoms with E-state index in [4.69, 9.17) is 16.3 Å². The van der Waals surface area contributed by atoms with Crippen molar-refractivity contribution in [3.63, 3.8) is 0 Å². The molecule has 0 radical (unpaired) electrons. The Morgan fingerprint density at radius 3 is 2.33 bits per heavy atom. The van der Waals surface area contributed by atoms with Gasteiger partial charge in [-0.2, -0.15) is 13.2 Å². The van der Waals surface area contributed by atoms with Gasteiger partial charge in [0.25, 0.3) is 5.91 Å². The molecule has 0 saturated heterocycles. The van der Waals surface area contributed by atoms with Crippen molar-refractivity contribution in [1.29, 1.82) is 0 Å². The van der Waals surface area contributed by atoms with Crippen LogP contribution in [0.15, 0.2) is 18.2 Å². The Morgan fingerprint density at radius 1 is 1.22 bits per heavy atom. The first-order chi connectivity index (χ1) is 12.5. The molecule has 1 atom stereocenters. The average Bonchev–Trinajstić information content (AvgIpc) is 2.57. The molecule has 150 valence electrons. The fourth-order valence-electron chi connectivity index (χ4n) is 1.93. The van der Waals surface area contributed by atoms with Crippen LogP contribution in [0.1, 0.15) is 19.4 Å². The molecule has 1 aromatic rings. The molecule has 3 N–H and O–H groups in total. The SMILES string of the molecule is CNC(=O)NC(=O)COC(=O)[C@@H](Nc1ccc(C(F)(F)F)cc1Cl)C(C)C. The molecular weight excluding hydrogens is 391 g/mol. The predicted molar refractivity (Wildman–Crippen MR) is 92.3 cm³/mol. The first-order valence-electron chi connectivity index (χ1n) is 7.77. The number of halogens is 4. The van der Waals surface area contributed by atoms with Crippen molar-refractivity contribution in [1.82, 2.24) is 10.6 Å². The first-order valence-corrected chi connectivity index (χ1v) is 8.15. The molecule has 0 fully saturated rings. The smallest absolute Gasteiger partial charge is 0.416 e. The number of imide groups is 1. The number of carbonyl (C=O) groups excluding carboxylic acids is 3. The van der Waals surface area contributed by atoms with Crippen molar-refractivity contribution < 1.29 is 32.3 Å². The van der Waals surface area contributed by atoms with Crippen LogP contribution in [0.25, 0.3) is 0 Å². The maximum Gasteiger partial charge on any atom is 0.416 e. The highest BCUT2D eigenvalue weighted by molar-refractivity contribution is 6.33. The predicted octanol–water partition coefficient (Wildman–Crippen LogP) is 2.79. The molecule has 0 bridgehead atoms. The molecule has 1 aromatic carbocycles. The fourth-order valence-corrected chi connectivity index (χ4v) is 2.16. The standard InChI is InChI=1S/C16H19ClF3N3O4/c1-8(2)13(14(25)27-7-12(24)23-15(26)21-3)22-11-5-4-9(6-10(11)17)16(18,19)20/h4-6,8,13,22H,7H2,1-3H3,(H2,21,23,24,26)/t13-/m0/s1. The van der Waals surface area contributed by atoms with Crippen molar-refractivity contribution >= 4 is 35.2 Å². The van der Waals surface area contributed by atoms with E-state index in [-0.39, 0.29) is 16.6 Å². The number of esters is 1. The molecule has 0 spiro atoms. The number of urea groups is 1. The van der Waals surface area contributed by atoms with Crippen molar-refractivity contribution in [3.8, 4) is 0 Å². The molecule has 1 rings (SSSR count). The average molecular weight is 410 g/mol. The number of benzene rings is 1. The zero-order chi connectivity index (χ0) is 20.8. The molecule has 0 aromatic heterocycles. The molecule has 0 aliphatic rings. The number of anilines is 1. The van der Waals surface area contributed by atoms with Gasteiger partial charge in [0.1, 0.15) is 6.04 Å². The molecule has 11 heteroatoms. The van der Waals surface area contributed by atoms with Gasteiger partial charge >= 0.3 is 18.2 Å². The van der Waals surface area contributed by atoms with Gasteiger partial charge in [0, 0.05) is 7.05 Å². The fraction of sp³-hybridized carbons (Fsp3) is 0.438. The third kappa shape index (κ3) is 6.97. The van der Waals surface area contributed by atoms with Crippen LogP contribution < -0.4 is 16.0 Å². The van der Waals surface area contributed by atoms with Gasteiger partial charge < -0.3 is 15.4 Å². The van der Waals surface area contributed by atoms with Gasteiger partial charge in [-0.15, -0.1) is 0 Å². The number of ether oxygens (including phenoxy) is 1. The van der Waals surface area contributed by atoms with Crippen LogP contribution in [0.2, 0.25) is 5.02 Å². The molecular formula is C16H19ClF3N3O4. The molecule has 0 aliphatic heterocycles. The van der Waals surface area contributed by atoms with E-state index in [0.29, 0.717) is 0 Å². The quantitative estimate of drug-likeness (QED) is 0.628. The lowest BCUT2D eigenvalue weighted by Crippen LogP contribution is -2.42. The highest BCUT2D eigenvalue weighted by Crippen LogP contribution is 2.34. The second kappa shape index (κ2) is 9.45. The Hall–Kier alpha value is -2.49. The maximum atomic E-state index is 12.7. The summed E-state index contributed by atoms with van der Waals surface area (Å²) in [5, 5.41) is 6.57. The zero-order valence-electron chi connectivity index (χ0n) is 14.7. The normalized spacial score (nSPS) is 12.3. The molecule has 3 amide bonds. The monoisotopic (exact) mass is 409 g/mol. The van der Waals surface area contributed by atoms with Crippen LogP contribution in [0.5, 0.6) is 0 Å². The third-order valence-corrected chi connectivity index (χ3v) is 3.67. The minimum absolute atomic E-state index is 0.107. The lowest BCUT2D eigenvalue weighted by atomic mass is 10.0. The highest BCUT2D eigenvalue weighted by Gasteiger charge is 2.31. The lowest BCUT2D eigenvalue weighted by Gasteiger charge is -2.22. The molecule has 0 unspecified atom stereocenters. The van der Waals surface area contributed by atoms with Gasteiger partial charge in [-0.25, -0.2) is 9.59 Å². The van der Waals surface area contributed by atoms with E-state index in [1.165, 1.54) is 7.05 Å². The van der Waals surface area contributed by atoms with Crippen molar-refractivity contribution in [2.45, 2.75) is 26.1 Å². The number of amides is 3. The van der Waals surface area contributed by atoms with Gasteiger partial charge in [-0.3, -0.25) is 10.1 Å². The zero-order valence-corrected chi connectivity index (χ0v) is 15.5. The van der Waals surface area contributed by atoms with Crippen LogP contribution in [0.4, 0.5) is 23.7 Å². The highest BCUT2D eigenvalue weighted by atomic mass is 35.5. The van der Waals surface area contributed by atoms with Gasteiger partial charge in [-0.05, 0) is 24.1 Å². The molecule has 7 nitrogen and oxygen atoms in total. The maximum absolute atomic E-state index is 12.7. The number of hydrogen-bond acceptors (Lipinski definition) is 5. The van der Waals surface area contributed by atoms with Gasteiger partial charge in [-0.1, -0.05) is 25.4 Å². The van der Waals surface area contributed by atoms with Gasteiger partial charge in [0.05, 0.1) is 16.3 Å². The van der Waals surface area contributed by atoms with E-state index in [1.807, 2.05) is 5.32 Å². The second-order valence-corrected chi connectivity index (χ2v) is 6.20. The third-order valence-electron chi connectivity index (χ3n) is 3.35. The molecule has 0 aliphatic carbocycles. The first kappa shape index (κ1) is 22.6. The van der Waals surface area contributed by atoms with E-state index >= 15 is 0 Å². The second-order valence-electron chi connectivity index (χ2n) is 5.79. The Labute approximate surface area is 158 Å². The van der Waals surface area contributed by atoms with E-state index in [9.17, 15) is 27.6 Å². The lowest BCUT2D eigenvalue weighted by molar-refractivity contribution is -0.149. The number of hydrogen-bond donors (Lipinski definition) is 3. The van der Waals surface area contributed by atoms with Gasteiger partial charge in [0.2, 0.25) is 0 Å². The summed E-state index contributed by atoms with van der Waals surface area (Å²) in [6.07, 6.45) is -4.54. The minimum atomic E-state index is -4.54. The number of nitrogens with one attached hydrogen (secondary N) is 3. The summed E-state index contributed by atoms with van der Waals surface area (Å²) < 4.78 is 42.9. The molecule has 27 heavy (non-hydrogen) atoms. The summed E-state index contributed by atoms with van der Waals surface area (Å²) in [5.74, 6) is -2.00. The summed E-state index contributed by atoms with van der Waals surface area (Å²) in [6, 6.07) is 0.932. The van der Waals surface area contributed by atoms with Crippen LogP contribution in [0.3, 0.4) is 0 Å². The summed E-state index contributed by atoms with van der Waals surface area (Å²) in [4.78, 5) is 34.6. The van der Waals surface area contributed by atoms with Crippen molar-refractivity contribution in [3.05, 3.63) is 28.8 Å². The summed E-state index contributed by atoms with van der Waals surface area (Å²) in [7, 11) is 1.31. The number of alkyl halides is 3. The van der Waals surface area contributed by atoms with E-state index in [2.05, 4.69) is 10.6 Å². The molecule has 0 heterocycles. The van der Waals surface area contributed by atoms with Crippen LogP contribution in [0, 0.1) is 5.92 Å². The van der Waals surface area contributed by atoms with E-state index in [1.54, 1.807) is 13.8 Å².